The minimum atomic E-state index is -0.186. The van der Waals surface area contributed by atoms with E-state index in [1.54, 1.807) is 11.6 Å². The molecule has 49 heavy (non-hydrogen) atoms. The Morgan fingerprint density at radius 1 is 1.12 bits per heavy atom. The number of anilines is 3. The van der Waals surface area contributed by atoms with Crippen molar-refractivity contribution < 1.29 is 9.84 Å². The summed E-state index contributed by atoms with van der Waals surface area (Å²) in [6, 6.07) is 9.45. The van der Waals surface area contributed by atoms with E-state index in [1.807, 2.05) is 31.5 Å². The smallest absolute Gasteiger partial charge is 0.274 e. The van der Waals surface area contributed by atoms with Crippen molar-refractivity contribution in [1.82, 2.24) is 23.9 Å². The Morgan fingerprint density at radius 3 is 2.57 bits per heavy atom. The Labute approximate surface area is 290 Å². The molecule has 3 aromatic heterocycles. The molecule has 0 bridgehead atoms. The lowest BCUT2D eigenvalue weighted by Gasteiger charge is -2.50. The molecule has 0 radical (unpaired) electrons. The number of pyridine rings is 2. The van der Waals surface area contributed by atoms with Crippen LogP contribution in [-0.2, 0) is 31.2 Å². The van der Waals surface area contributed by atoms with Crippen LogP contribution in [0.3, 0.4) is 0 Å². The molecule has 2 fully saturated rings. The predicted molar refractivity (Wildman–Crippen MR) is 197 cm³/mol. The van der Waals surface area contributed by atoms with Crippen LogP contribution in [0.15, 0.2) is 65.9 Å². The number of aliphatic hydroxyl groups is 1. The van der Waals surface area contributed by atoms with Crippen molar-refractivity contribution in [2.24, 2.45) is 12.5 Å². The van der Waals surface area contributed by atoms with Crippen LogP contribution in [0.1, 0.15) is 57.1 Å². The molecule has 0 spiro atoms. The number of nitrogens with zero attached hydrogens (tertiary/aromatic N) is 6. The second-order valence-corrected chi connectivity index (χ2v) is 15.3. The molecule has 1 aliphatic carbocycles. The molecule has 0 saturated carbocycles. The molecule has 7 rings (SSSR count). The van der Waals surface area contributed by atoms with Crippen LogP contribution in [0, 0.1) is 5.41 Å². The molecular weight excluding hydrogens is 614 g/mol. The van der Waals surface area contributed by atoms with Crippen molar-refractivity contribution in [3.63, 3.8) is 0 Å². The maximum atomic E-state index is 13.3. The molecular formula is C39H51N7O3. The number of nitrogens with one attached hydrogen (secondary N) is 1. The van der Waals surface area contributed by atoms with Gasteiger partial charge in [-0.15, -0.1) is 0 Å². The molecule has 2 unspecified atom stereocenters. The average Bonchev–Trinajstić information content (AvgIpc) is 3.53. The number of hydrogen-bond acceptors (Lipinski definition) is 8. The number of aromatic nitrogens is 3. The summed E-state index contributed by atoms with van der Waals surface area (Å²) in [6.45, 7) is 25.1. The highest BCUT2D eigenvalue weighted by Crippen LogP contribution is 2.42. The van der Waals surface area contributed by atoms with Crippen LogP contribution in [0.25, 0.3) is 11.3 Å². The van der Waals surface area contributed by atoms with Gasteiger partial charge in [0.25, 0.3) is 5.56 Å². The Balaban J connectivity index is 1.09. The highest BCUT2D eigenvalue weighted by Gasteiger charge is 2.37. The first-order chi connectivity index (χ1) is 23.3. The Morgan fingerprint density at radius 2 is 1.90 bits per heavy atom. The zero-order valence-electron chi connectivity index (χ0n) is 29.9. The van der Waals surface area contributed by atoms with E-state index in [0.29, 0.717) is 35.0 Å². The fourth-order valence-corrected chi connectivity index (χ4v) is 8.28. The van der Waals surface area contributed by atoms with Gasteiger partial charge in [0.15, 0.2) is 0 Å². The summed E-state index contributed by atoms with van der Waals surface area (Å²) in [5, 5.41) is 13.9. The Kier molecular flexibility index (Phi) is 8.61. The molecule has 2 saturated heterocycles. The van der Waals surface area contributed by atoms with Gasteiger partial charge in [-0.25, -0.2) is 4.98 Å². The molecule has 3 aliphatic heterocycles. The van der Waals surface area contributed by atoms with Crippen LogP contribution in [0.4, 0.5) is 17.2 Å². The molecule has 260 valence electrons. The number of ether oxygens (including phenoxy) is 1. The molecule has 2 atom stereocenters. The average molecular weight is 666 g/mol. The van der Waals surface area contributed by atoms with Crippen molar-refractivity contribution in [2.75, 3.05) is 49.7 Å². The highest BCUT2D eigenvalue weighted by molar-refractivity contribution is 5.75. The highest BCUT2D eigenvalue weighted by atomic mass is 16.5. The normalized spacial score (nSPS) is 22.8. The third kappa shape index (κ3) is 6.04. The van der Waals surface area contributed by atoms with E-state index in [9.17, 15) is 9.90 Å². The topological polar surface area (TPSA) is 91.0 Å². The van der Waals surface area contributed by atoms with E-state index < -0.39 is 0 Å². The Bertz CT molecular complexity index is 1880. The first-order valence-corrected chi connectivity index (χ1v) is 17.6. The molecule has 10 nitrogen and oxygen atoms in total. The van der Waals surface area contributed by atoms with Gasteiger partial charge in [-0.05, 0) is 80.0 Å². The molecule has 0 aromatic carbocycles. The van der Waals surface area contributed by atoms with Gasteiger partial charge < -0.3 is 34.1 Å². The zero-order valence-corrected chi connectivity index (χ0v) is 29.9. The first-order valence-electron chi connectivity index (χ1n) is 17.6. The minimum absolute atomic E-state index is 0.160. The summed E-state index contributed by atoms with van der Waals surface area (Å²) in [5.74, 6) is 0.597. The monoisotopic (exact) mass is 665 g/mol. The summed E-state index contributed by atoms with van der Waals surface area (Å²) in [6.07, 6.45) is 5.85. The second kappa shape index (κ2) is 12.6. The van der Waals surface area contributed by atoms with Gasteiger partial charge in [0.1, 0.15) is 11.5 Å². The fraction of sp³-hybridized carbons (Fsp3) is 0.487. The maximum absolute atomic E-state index is 13.3. The van der Waals surface area contributed by atoms with Gasteiger partial charge >= 0.3 is 0 Å². The lowest BCUT2D eigenvalue weighted by atomic mass is 9.90. The molecule has 4 aliphatic rings. The first kappa shape index (κ1) is 33.4. The van der Waals surface area contributed by atoms with Crippen molar-refractivity contribution in [3.8, 4) is 0 Å². The van der Waals surface area contributed by atoms with Crippen molar-refractivity contribution in [1.29, 1.82) is 0 Å². The third-order valence-electron chi connectivity index (χ3n) is 11.1. The number of aliphatic hydroxyl groups excluding tert-OH is 1. The van der Waals surface area contributed by atoms with Gasteiger partial charge in [-0.3, -0.25) is 9.69 Å². The SMILES string of the molecule is C=C(C(CO)=C(C)c1cc(Nc2ccc(N3CC(C)N(C4COC4)CC3C)cn2)c(=O)n(C)c1)N1CCn2c(cc3c2CC(C)(C)C3)C1=C. The van der Waals surface area contributed by atoms with E-state index in [4.69, 9.17) is 9.72 Å². The predicted octanol–water partition coefficient (Wildman–Crippen LogP) is 5.01. The number of allylic oxidation sites excluding steroid dienone is 1. The number of fused-ring (bicyclic) bond motifs is 3. The van der Waals surface area contributed by atoms with Gasteiger partial charge in [-0.2, -0.15) is 0 Å². The van der Waals surface area contributed by atoms with Gasteiger partial charge in [0.05, 0.1) is 49.1 Å². The second-order valence-electron chi connectivity index (χ2n) is 15.3. The van der Waals surface area contributed by atoms with Crippen LogP contribution in [0.5, 0.6) is 0 Å². The molecule has 0 amide bonds. The number of hydrogen-bond donors (Lipinski definition) is 2. The van der Waals surface area contributed by atoms with Crippen LogP contribution < -0.4 is 15.8 Å². The number of rotatable bonds is 8. The lowest BCUT2D eigenvalue weighted by molar-refractivity contribution is -0.0828. The minimum Gasteiger partial charge on any atom is -0.392 e. The van der Waals surface area contributed by atoms with E-state index >= 15 is 0 Å². The van der Waals surface area contributed by atoms with Gasteiger partial charge in [-0.1, -0.05) is 27.0 Å². The molecule has 10 heteroatoms. The van der Waals surface area contributed by atoms with E-state index in [0.717, 1.165) is 91.7 Å². The van der Waals surface area contributed by atoms with Crippen LogP contribution in [-0.4, -0.2) is 86.6 Å². The maximum Gasteiger partial charge on any atom is 0.274 e. The van der Waals surface area contributed by atoms with Crippen LogP contribution in [0.2, 0.25) is 0 Å². The zero-order chi connectivity index (χ0) is 34.8. The molecule has 2 N–H and O–H groups in total. The standard InChI is InChI=1S/C39H51N7O3/c1-24-19-46(32-22-49-23-32)25(2)18-45(24)31-9-10-37(40-17-31)41-34-13-30(20-42(8)38(34)48)26(3)33(21-47)27(4)43-11-12-44-35(28(43)5)14-29-15-39(6,7)16-36(29)44/h9-10,13-14,17,20,24-25,32,47H,4-5,11-12,15-16,18-19,21-23H2,1-3,6-8H3,(H,40,41). The van der Waals surface area contributed by atoms with E-state index in [-0.39, 0.29) is 12.2 Å². The quantitative estimate of drug-likeness (QED) is 0.325. The third-order valence-corrected chi connectivity index (χ3v) is 11.1. The molecule has 6 heterocycles. The summed E-state index contributed by atoms with van der Waals surface area (Å²) < 4.78 is 9.43. The summed E-state index contributed by atoms with van der Waals surface area (Å²) in [4.78, 5) is 25.1. The van der Waals surface area contributed by atoms with Crippen molar-refractivity contribution in [2.45, 2.75) is 72.1 Å². The van der Waals surface area contributed by atoms with Gasteiger partial charge in [0, 0.05) is 68.5 Å². The fourth-order valence-electron chi connectivity index (χ4n) is 8.28. The van der Waals surface area contributed by atoms with E-state index in [2.05, 4.69) is 77.6 Å². The van der Waals surface area contributed by atoms with Crippen molar-refractivity contribution >= 4 is 28.5 Å². The number of aryl methyl sites for hydroxylation is 1. The largest absolute Gasteiger partial charge is 0.392 e. The van der Waals surface area contributed by atoms with Gasteiger partial charge in [0.2, 0.25) is 0 Å². The molecule has 3 aromatic rings. The Hall–Kier alpha value is -4.12. The summed E-state index contributed by atoms with van der Waals surface area (Å²) >= 11 is 0. The lowest BCUT2D eigenvalue weighted by Crippen LogP contribution is -2.63. The summed E-state index contributed by atoms with van der Waals surface area (Å²) in [7, 11) is 1.74. The van der Waals surface area contributed by atoms with Crippen molar-refractivity contribution in [3.05, 3.63) is 94.0 Å². The van der Waals surface area contributed by atoms with E-state index in [1.165, 1.54) is 11.3 Å². The van der Waals surface area contributed by atoms with Crippen LogP contribution >= 0.6 is 0 Å². The summed E-state index contributed by atoms with van der Waals surface area (Å²) in [5.41, 5.74) is 9.60. The number of piperazine rings is 1.